The van der Waals surface area contributed by atoms with Crippen molar-refractivity contribution in [1.29, 1.82) is 0 Å². The van der Waals surface area contributed by atoms with Crippen molar-refractivity contribution >= 4 is 22.9 Å². The zero-order valence-corrected chi connectivity index (χ0v) is 13.7. The molecule has 3 nitrogen and oxygen atoms in total. The lowest BCUT2D eigenvalue weighted by atomic mass is 9.73. The van der Waals surface area contributed by atoms with Crippen LogP contribution in [0.15, 0.2) is 48.5 Å². The Balaban J connectivity index is 1.90. The first-order valence-electron chi connectivity index (χ1n) is 7.79. The van der Waals surface area contributed by atoms with Crippen LogP contribution in [-0.4, -0.2) is 11.1 Å². The molecule has 0 fully saturated rings. The summed E-state index contributed by atoms with van der Waals surface area (Å²) < 4.78 is 0. The van der Waals surface area contributed by atoms with E-state index >= 15 is 0 Å². The number of anilines is 2. The molecule has 2 aromatic carbocycles. The smallest absolute Gasteiger partial charge is 0.335 e. The average molecular weight is 307 g/mol. The summed E-state index contributed by atoms with van der Waals surface area (Å²) in [6.07, 6.45) is 3.35. The van der Waals surface area contributed by atoms with Crippen LogP contribution in [0.4, 0.5) is 11.4 Å². The Morgan fingerprint density at radius 1 is 1.09 bits per heavy atom. The van der Waals surface area contributed by atoms with Gasteiger partial charge >= 0.3 is 5.97 Å². The lowest BCUT2D eigenvalue weighted by Gasteiger charge is -2.31. The van der Waals surface area contributed by atoms with E-state index in [1.807, 2.05) is 0 Å². The molecule has 1 aliphatic rings. The fourth-order valence-corrected chi connectivity index (χ4v) is 3.02. The van der Waals surface area contributed by atoms with Crippen molar-refractivity contribution < 1.29 is 9.90 Å². The maximum absolute atomic E-state index is 10.9. The summed E-state index contributed by atoms with van der Waals surface area (Å²) >= 11 is 0. The molecule has 0 heterocycles. The van der Waals surface area contributed by atoms with E-state index < -0.39 is 5.97 Å². The predicted octanol–water partition coefficient (Wildman–Crippen LogP) is 5.21. The number of benzene rings is 2. The van der Waals surface area contributed by atoms with E-state index in [2.05, 4.69) is 50.4 Å². The van der Waals surface area contributed by atoms with Crippen LogP contribution >= 0.6 is 0 Å². The molecule has 3 heteroatoms. The molecule has 0 aromatic heterocycles. The SMILES string of the molecule is CC1=CCC(C)(C)c2cc(Nc3ccc(C(=O)O)cc3)ccc21. The molecular weight excluding hydrogens is 286 g/mol. The molecule has 0 radical (unpaired) electrons. The Morgan fingerprint density at radius 3 is 2.39 bits per heavy atom. The van der Waals surface area contributed by atoms with Gasteiger partial charge in [-0.3, -0.25) is 0 Å². The summed E-state index contributed by atoms with van der Waals surface area (Å²) in [7, 11) is 0. The van der Waals surface area contributed by atoms with Crippen LogP contribution in [0, 0.1) is 0 Å². The highest BCUT2D eigenvalue weighted by Crippen LogP contribution is 2.40. The summed E-state index contributed by atoms with van der Waals surface area (Å²) in [5.41, 5.74) is 6.32. The highest BCUT2D eigenvalue weighted by atomic mass is 16.4. The zero-order chi connectivity index (χ0) is 16.6. The van der Waals surface area contributed by atoms with Crippen LogP contribution < -0.4 is 5.32 Å². The topological polar surface area (TPSA) is 49.3 Å². The van der Waals surface area contributed by atoms with Gasteiger partial charge in [0.2, 0.25) is 0 Å². The number of carboxylic acid groups (broad SMARTS) is 1. The summed E-state index contributed by atoms with van der Waals surface area (Å²) in [6.45, 7) is 6.69. The Kier molecular flexibility index (Phi) is 3.72. The molecule has 0 unspecified atom stereocenters. The van der Waals surface area contributed by atoms with Gasteiger partial charge in [-0.1, -0.05) is 26.0 Å². The van der Waals surface area contributed by atoms with Gasteiger partial charge in [-0.05, 0) is 71.9 Å². The van der Waals surface area contributed by atoms with Gasteiger partial charge in [-0.15, -0.1) is 0 Å². The summed E-state index contributed by atoms with van der Waals surface area (Å²) in [6, 6.07) is 13.2. The highest BCUT2D eigenvalue weighted by Gasteiger charge is 2.26. The van der Waals surface area contributed by atoms with Crippen LogP contribution in [0.1, 0.15) is 48.7 Å². The van der Waals surface area contributed by atoms with Crippen molar-refractivity contribution in [2.45, 2.75) is 32.6 Å². The number of hydrogen-bond donors (Lipinski definition) is 2. The van der Waals surface area contributed by atoms with Crippen LogP contribution in [0.5, 0.6) is 0 Å². The summed E-state index contributed by atoms with van der Waals surface area (Å²) in [4.78, 5) is 10.9. The number of aromatic carboxylic acids is 1. The molecule has 0 spiro atoms. The molecule has 1 aliphatic carbocycles. The second-order valence-corrected chi connectivity index (χ2v) is 6.74. The Bertz CT molecular complexity index is 786. The van der Waals surface area contributed by atoms with E-state index in [4.69, 9.17) is 5.11 Å². The van der Waals surface area contributed by atoms with E-state index in [1.54, 1.807) is 24.3 Å². The van der Waals surface area contributed by atoms with Crippen molar-refractivity contribution in [3.63, 3.8) is 0 Å². The number of carbonyl (C=O) groups is 1. The minimum absolute atomic E-state index is 0.125. The predicted molar refractivity (Wildman–Crippen MR) is 94.4 cm³/mol. The molecular formula is C20H21NO2. The first kappa shape index (κ1) is 15.3. The summed E-state index contributed by atoms with van der Waals surface area (Å²) in [5, 5.41) is 12.3. The van der Waals surface area contributed by atoms with E-state index in [9.17, 15) is 4.79 Å². The molecule has 0 bridgehead atoms. The number of allylic oxidation sites excluding steroid dienone is 2. The Hall–Kier alpha value is -2.55. The molecule has 23 heavy (non-hydrogen) atoms. The van der Waals surface area contributed by atoms with Crippen molar-refractivity contribution in [2.24, 2.45) is 0 Å². The third-order valence-corrected chi connectivity index (χ3v) is 4.51. The summed E-state index contributed by atoms with van der Waals surface area (Å²) in [5.74, 6) is -0.908. The molecule has 0 saturated heterocycles. The fourth-order valence-electron chi connectivity index (χ4n) is 3.02. The van der Waals surface area contributed by atoms with Gasteiger partial charge in [0.25, 0.3) is 0 Å². The minimum Gasteiger partial charge on any atom is -0.478 e. The number of rotatable bonds is 3. The second kappa shape index (κ2) is 5.58. The quantitative estimate of drug-likeness (QED) is 0.818. The van der Waals surface area contributed by atoms with Gasteiger partial charge in [0.05, 0.1) is 5.56 Å². The molecule has 0 saturated carbocycles. The normalized spacial score (nSPS) is 15.5. The monoisotopic (exact) mass is 307 g/mol. The van der Waals surface area contributed by atoms with Crippen molar-refractivity contribution in [1.82, 2.24) is 0 Å². The lowest BCUT2D eigenvalue weighted by Crippen LogP contribution is -2.21. The molecule has 0 aliphatic heterocycles. The van der Waals surface area contributed by atoms with Gasteiger partial charge in [-0.2, -0.15) is 0 Å². The van der Waals surface area contributed by atoms with Gasteiger partial charge in [0, 0.05) is 11.4 Å². The molecule has 2 aromatic rings. The van der Waals surface area contributed by atoms with E-state index in [0.717, 1.165) is 17.8 Å². The first-order chi connectivity index (χ1) is 10.9. The van der Waals surface area contributed by atoms with Gasteiger partial charge < -0.3 is 10.4 Å². The highest BCUT2D eigenvalue weighted by molar-refractivity contribution is 5.88. The van der Waals surface area contributed by atoms with Crippen LogP contribution in [0.2, 0.25) is 0 Å². The van der Waals surface area contributed by atoms with E-state index in [1.165, 1.54) is 16.7 Å². The van der Waals surface area contributed by atoms with Crippen molar-refractivity contribution in [2.75, 3.05) is 5.32 Å². The molecule has 118 valence electrons. The largest absolute Gasteiger partial charge is 0.478 e. The second-order valence-electron chi connectivity index (χ2n) is 6.74. The third-order valence-electron chi connectivity index (χ3n) is 4.51. The number of hydrogen-bond acceptors (Lipinski definition) is 2. The van der Waals surface area contributed by atoms with E-state index in [0.29, 0.717) is 5.56 Å². The zero-order valence-electron chi connectivity index (χ0n) is 13.7. The third kappa shape index (κ3) is 3.00. The number of carboxylic acids is 1. The molecule has 0 atom stereocenters. The number of fused-ring (bicyclic) bond motifs is 1. The molecule has 3 rings (SSSR count). The molecule has 2 N–H and O–H groups in total. The van der Waals surface area contributed by atoms with E-state index in [-0.39, 0.29) is 5.41 Å². The van der Waals surface area contributed by atoms with Gasteiger partial charge in [0.1, 0.15) is 0 Å². The Labute approximate surface area is 136 Å². The maximum atomic E-state index is 10.9. The Morgan fingerprint density at radius 2 is 1.74 bits per heavy atom. The van der Waals surface area contributed by atoms with Gasteiger partial charge in [-0.25, -0.2) is 4.79 Å². The van der Waals surface area contributed by atoms with Crippen LogP contribution in [-0.2, 0) is 5.41 Å². The molecule has 0 amide bonds. The lowest BCUT2D eigenvalue weighted by molar-refractivity contribution is 0.0697. The minimum atomic E-state index is -0.908. The van der Waals surface area contributed by atoms with Gasteiger partial charge in [0.15, 0.2) is 0 Å². The van der Waals surface area contributed by atoms with Crippen molar-refractivity contribution in [3.05, 3.63) is 65.2 Å². The standard InChI is InChI=1S/C20H21NO2/c1-13-10-11-20(2,3)18-12-16(8-9-17(13)18)21-15-6-4-14(5-7-15)19(22)23/h4-10,12,21H,11H2,1-3H3,(H,22,23). The number of nitrogens with one attached hydrogen (secondary N) is 1. The average Bonchev–Trinajstić information content (AvgIpc) is 2.52. The fraction of sp³-hybridized carbons (Fsp3) is 0.250. The van der Waals surface area contributed by atoms with Crippen LogP contribution in [0.3, 0.4) is 0 Å². The van der Waals surface area contributed by atoms with Crippen LogP contribution in [0.25, 0.3) is 5.57 Å². The maximum Gasteiger partial charge on any atom is 0.335 e. The first-order valence-corrected chi connectivity index (χ1v) is 7.79. The van der Waals surface area contributed by atoms with Crippen molar-refractivity contribution in [3.8, 4) is 0 Å².